The van der Waals surface area contributed by atoms with Gasteiger partial charge < -0.3 is 4.57 Å². The molecule has 0 amide bonds. The lowest BCUT2D eigenvalue weighted by atomic mass is 10.4. The minimum Gasteiger partial charge on any atom is -0.334 e. The van der Waals surface area contributed by atoms with E-state index in [1.807, 2.05) is 11.6 Å². The molecule has 0 saturated carbocycles. The zero-order valence-electron chi connectivity index (χ0n) is 10.8. The van der Waals surface area contributed by atoms with Crippen LogP contribution in [-0.4, -0.2) is 23.0 Å². The molecule has 9 heteroatoms. The van der Waals surface area contributed by atoms with E-state index in [0.717, 1.165) is 0 Å². The molecule has 0 unspecified atom stereocenters. The SMILES string of the molecule is CCn1cc(S(=O)(=O)Nc2cc(F)ncc2F)nc1C. The van der Waals surface area contributed by atoms with Gasteiger partial charge in [0.1, 0.15) is 5.82 Å². The third-order valence-electron chi connectivity index (χ3n) is 2.64. The summed E-state index contributed by atoms with van der Waals surface area (Å²) >= 11 is 0. The highest BCUT2D eigenvalue weighted by molar-refractivity contribution is 7.92. The number of hydrogen-bond acceptors (Lipinski definition) is 4. The highest BCUT2D eigenvalue weighted by Gasteiger charge is 2.21. The summed E-state index contributed by atoms with van der Waals surface area (Å²) in [5, 5.41) is -0.256. The topological polar surface area (TPSA) is 76.9 Å². The molecule has 0 saturated heterocycles. The Balaban J connectivity index is 2.37. The van der Waals surface area contributed by atoms with Crippen molar-refractivity contribution < 1.29 is 17.2 Å². The summed E-state index contributed by atoms with van der Waals surface area (Å²) in [6, 6.07) is 0.663. The molecule has 2 aromatic rings. The number of sulfonamides is 1. The Morgan fingerprint density at radius 3 is 2.70 bits per heavy atom. The first-order chi connectivity index (χ1) is 9.33. The molecule has 0 spiro atoms. The molecule has 1 N–H and O–H groups in total. The average Bonchev–Trinajstić information content (AvgIpc) is 2.76. The highest BCUT2D eigenvalue weighted by atomic mass is 32.2. The lowest BCUT2D eigenvalue weighted by Crippen LogP contribution is -2.15. The van der Waals surface area contributed by atoms with Gasteiger partial charge in [-0.2, -0.15) is 12.8 Å². The van der Waals surface area contributed by atoms with E-state index < -0.39 is 27.5 Å². The second-order valence-corrected chi connectivity index (χ2v) is 5.63. The number of aryl methyl sites for hydroxylation is 2. The molecule has 0 aliphatic heterocycles. The monoisotopic (exact) mass is 302 g/mol. The first-order valence-electron chi connectivity index (χ1n) is 5.71. The van der Waals surface area contributed by atoms with E-state index in [-0.39, 0.29) is 5.03 Å². The molecule has 0 bridgehead atoms. The lowest BCUT2D eigenvalue weighted by molar-refractivity contribution is 0.562. The molecule has 0 aliphatic carbocycles. The van der Waals surface area contributed by atoms with Crippen molar-refractivity contribution in [3.05, 3.63) is 36.0 Å². The number of rotatable bonds is 4. The van der Waals surface area contributed by atoms with Crippen LogP contribution in [0.3, 0.4) is 0 Å². The minimum absolute atomic E-state index is 0.256. The second-order valence-electron chi connectivity index (χ2n) is 4.00. The van der Waals surface area contributed by atoms with Crippen molar-refractivity contribution in [3.63, 3.8) is 0 Å². The Labute approximate surface area is 114 Å². The van der Waals surface area contributed by atoms with Gasteiger partial charge in [0.15, 0.2) is 10.8 Å². The van der Waals surface area contributed by atoms with E-state index in [0.29, 0.717) is 24.6 Å². The Morgan fingerprint density at radius 2 is 2.10 bits per heavy atom. The van der Waals surface area contributed by atoms with Crippen molar-refractivity contribution in [1.29, 1.82) is 0 Å². The molecule has 0 fully saturated rings. The van der Waals surface area contributed by atoms with E-state index in [1.165, 1.54) is 6.20 Å². The fourth-order valence-corrected chi connectivity index (χ4v) is 2.69. The van der Waals surface area contributed by atoms with Crippen LogP contribution in [-0.2, 0) is 16.6 Å². The van der Waals surface area contributed by atoms with Crippen LogP contribution in [0.5, 0.6) is 0 Å². The average molecular weight is 302 g/mol. The summed E-state index contributed by atoms with van der Waals surface area (Å²) < 4.78 is 54.0. The van der Waals surface area contributed by atoms with Gasteiger partial charge >= 0.3 is 0 Å². The maximum atomic E-state index is 13.4. The van der Waals surface area contributed by atoms with E-state index in [4.69, 9.17) is 0 Å². The van der Waals surface area contributed by atoms with Gasteiger partial charge in [-0.1, -0.05) is 0 Å². The first-order valence-corrected chi connectivity index (χ1v) is 7.19. The lowest BCUT2D eigenvalue weighted by Gasteiger charge is -2.06. The van der Waals surface area contributed by atoms with Crippen LogP contribution in [0.15, 0.2) is 23.5 Å². The fourth-order valence-electron chi connectivity index (χ4n) is 1.62. The summed E-state index contributed by atoms with van der Waals surface area (Å²) in [5.74, 6) is -1.45. The summed E-state index contributed by atoms with van der Waals surface area (Å²) in [6.07, 6.45) is 1.93. The largest absolute Gasteiger partial charge is 0.334 e. The third-order valence-corrected chi connectivity index (χ3v) is 3.87. The predicted octanol–water partition coefficient (Wildman–Crippen LogP) is 1.69. The van der Waals surface area contributed by atoms with Gasteiger partial charge in [0, 0.05) is 18.8 Å². The summed E-state index contributed by atoms with van der Waals surface area (Å²) in [6.45, 7) is 4.03. The summed E-state index contributed by atoms with van der Waals surface area (Å²) in [7, 11) is -4.08. The number of halogens is 2. The molecule has 108 valence electrons. The van der Waals surface area contributed by atoms with E-state index >= 15 is 0 Å². The molecule has 2 heterocycles. The van der Waals surface area contributed by atoms with Gasteiger partial charge in [-0.3, -0.25) is 4.72 Å². The van der Waals surface area contributed by atoms with Gasteiger partial charge in [-0.05, 0) is 13.8 Å². The molecule has 20 heavy (non-hydrogen) atoms. The smallest absolute Gasteiger partial charge is 0.281 e. The Morgan fingerprint density at radius 1 is 1.40 bits per heavy atom. The predicted molar refractivity (Wildman–Crippen MR) is 67.6 cm³/mol. The summed E-state index contributed by atoms with van der Waals surface area (Å²) in [4.78, 5) is 6.96. The van der Waals surface area contributed by atoms with Crippen molar-refractivity contribution >= 4 is 15.7 Å². The van der Waals surface area contributed by atoms with Crippen LogP contribution in [0.1, 0.15) is 12.7 Å². The van der Waals surface area contributed by atoms with Crippen molar-refractivity contribution in [3.8, 4) is 0 Å². The van der Waals surface area contributed by atoms with Crippen molar-refractivity contribution in [1.82, 2.24) is 14.5 Å². The Hall–Kier alpha value is -2.03. The number of anilines is 1. The Kier molecular flexibility index (Phi) is 3.71. The molecule has 0 aliphatic rings. The standard InChI is InChI=1S/C11H12F2N4O2S/c1-3-17-6-11(15-7(17)2)20(18,19)16-9-4-10(13)14-5-8(9)12/h4-6H,3H2,1-2H3,(H,14,16). The van der Waals surface area contributed by atoms with Gasteiger partial charge in [-0.15, -0.1) is 0 Å². The number of nitrogens with zero attached hydrogens (tertiary/aromatic N) is 3. The molecular weight excluding hydrogens is 290 g/mol. The molecule has 0 aromatic carbocycles. The number of imidazole rings is 1. The van der Waals surface area contributed by atoms with Crippen molar-refractivity contribution in [2.45, 2.75) is 25.4 Å². The van der Waals surface area contributed by atoms with Gasteiger partial charge in [0.25, 0.3) is 10.0 Å². The van der Waals surface area contributed by atoms with Crippen LogP contribution < -0.4 is 4.72 Å². The van der Waals surface area contributed by atoms with Gasteiger partial charge in [0.05, 0.1) is 11.9 Å². The zero-order chi connectivity index (χ0) is 14.9. The first kappa shape index (κ1) is 14.4. The third kappa shape index (κ3) is 2.77. The van der Waals surface area contributed by atoms with E-state index in [1.54, 1.807) is 11.5 Å². The number of aromatic nitrogens is 3. The molecule has 0 atom stereocenters. The number of hydrogen-bond donors (Lipinski definition) is 1. The molecular formula is C11H12F2N4O2S. The highest BCUT2D eigenvalue weighted by Crippen LogP contribution is 2.18. The number of nitrogens with one attached hydrogen (secondary N) is 1. The fraction of sp³-hybridized carbons (Fsp3) is 0.273. The molecule has 2 rings (SSSR count). The van der Waals surface area contributed by atoms with Crippen molar-refractivity contribution in [2.24, 2.45) is 0 Å². The molecule has 2 aromatic heterocycles. The molecule has 6 nitrogen and oxygen atoms in total. The van der Waals surface area contributed by atoms with E-state index in [2.05, 4.69) is 9.97 Å². The van der Waals surface area contributed by atoms with E-state index in [9.17, 15) is 17.2 Å². The Bertz CT molecular complexity index is 743. The van der Waals surface area contributed by atoms with Crippen molar-refractivity contribution in [2.75, 3.05) is 4.72 Å². The quantitative estimate of drug-likeness (QED) is 0.872. The molecule has 0 radical (unpaired) electrons. The second kappa shape index (κ2) is 5.16. The van der Waals surface area contributed by atoms with Crippen LogP contribution in [0.4, 0.5) is 14.5 Å². The normalized spacial score (nSPS) is 11.6. The van der Waals surface area contributed by atoms with Gasteiger partial charge in [0.2, 0.25) is 5.95 Å². The zero-order valence-corrected chi connectivity index (χ0v) is 11.6. The maximum Gasteiger partial charge on any atom is 0.281 e. The van der Waals surface area contributed by atoms with Gasteiger partial charge in [-0.25, -0.2) is 14.4 Å². The maximum absolute atomic E-state index is 13.4. The minimum atomic E-state index is -4.08. The van der Waals surface area contributed by atoms with Crippen LogP contribution in [0.25, 0.3) is 0 Å². The van der Waals surface area contributed by atoms with Crippen LogP contribution in [0, 0.1) is 18.7 Å². The van der Waals surface area contributed by atoms with Crippen LogP contribution in [0.2, 0.25) is 0 Å². The number of pyridine rings is 1. The van der Waals surface area contributed by atoms with Crippen LogP contribution >= 0.6 is 0 Å². The summed E-state index contributed by atoms with van der Waals surface area (Å²) in [5.41, 5.74) is -0.513.